The molecule has 3 rings (SSSR count). The summed E-state index contributed by atoms with van der Waals surface area (Å²) in [6.45, 7) is 15.2. The van der Waals surface area contributed by atoms with E-state index in [1.165, 1.54) is 11.8 Å². The number of nitrogens with two attached hydrogens (primary N) is 1. The number of aromatic nitrogens is 1. The molecule has 0 spiro atoms. The molecule has 5 N–H and O–H groups in total. The molecule has 2 aromatic rings. The maximum Gasteiger partial charge on any atom is 0.412 e. The number of nitrogens with one attached hydrogen (secondary N) is 3. The van der Waals surface area contributed by atoms with Crippen LogP contribution in [0, 0.1) is 5.41 Å². The molecule has 1 saturated heterocycles. The monoisotopic (exact) mass is 620 g/mol. The lowest BCUT2D eigenvalue weighted by atomic mass is 9.90. The summed E-state index contributed by atoms with van der Waals surface area (Å²) in [5.41, 5.74) is 6.58. The van der Waals surface area contributed by atoms with E-state index in [2.05, 4.69) is 20.9 Å². The highest BCUT2D eigenvalue weighted by Crippen LogP contribution is 2.37. The number of hydrogen-bond acceptors (Lipinski definition) is 10. The zero-order chi connectivity index (χ0) is 31.1. The molecule has 1 aromatic carbocycles. The van der Waals surface area contributed by atoms with Crippen LogP contribution in [-0.4, -0.2) is 64.0 Å². The number of rotatable bonds is 10. The van der Waals surface area contributed by atoms with Gasteiger partial charge in [-0.1, -0.05) is 32.9 Å². The first kappa shape index (κ1) is 33.5. The molecule has 1 aromatic heterocycles. The Bertz CT molecular complexity index is 1230. The van der Waals surface area contributed by atoms with Crippen molar-refractivity contribution in [1.29, 1.82) is 0 Å². The van der Waals surface area contributed by atoms with Crippen molar-refractivity contribution in [2.75, 3.05) is 35.2 Å². The van der Waals surface area contributed by atoms with Crippen LogP contribution in [0.1, 0.15) is 64.6 Å². The number of thioether (sulfide) groups is 1. The van der Waals surface area contributed by atoms with Crippen LogP contribution in [0.15, 0.2) is 24.3 Å². The fraction of sp³-hybridized carbons (Fsp3) is 0.586. The van der Waals surface area contributed by atoms with Crippen molar-refractivity contribution < 1.29 is 23.9 Å². The van der Waals surface area contributed by atoms with Gasteiger partial charge in [0, 0.05) is 54.2 Å². The highest BCUT2D eigenvalue weighted by Gasteiger charge is 2.50. The molecular formula is C29H44N6O5S2. The number of carbonyl (C=O) groups is 3. The quantitative estimate of drug-likeness (QED) is 0.264. The number of benzene rings is 1. The Balaban J connectivity index is 1.76. The average Bonchev–Trinajstić information content (AvgIpc) is 3.21. The number of aryl methyl sites for hydroxylation is 2. The fourth-order valence-electron chi connectivity index (χ4n) is 4.25. The van der Waals surface area contributed by atoms with E-state index < -0.39 is 29.1 Å². The molecule has 1 aliphatic rings. The van der Waals surface area contributed by atoms with Gasteiger partial charge in [0.15, 0.2) is 5.13 Å². The molecule has 3 amide bonds. The van der Waals surface area contributed by atoms with Gasteiger partial charge < -0.3 is 31.2 Å². The number of primary amides is 1. The number of thiazole rings is 1. The Morgan fingerprint density at radius 1 is 1.00 bits per heavy atom. The SMILES string of the molecule is CC(=O)Nc1nc(CCc2ccc(NC(OC(N)=O)(OC(=O)NC(C)(C)C)C(C)(C)C)cc2)c(CN2CCSCC2)s1. The number of amides is 3. The van der Waals surface area contributed by atoms with Gasteiger partial charge >= 0.3 is 18.1 Å². The molecular weight excluding hydrogens is 576 g/mol. The van der Waals surface area contributed by atoms with Crippen molar-refractivity contribution >= 4 is 52.0 Å². The van der Waals surface area contributed by atoms with E-state index in [0.29, 0.717) is 17.2 Å². The van der Waals surface area contributed by atoms with E-state index in [-0.39, 0.29) is 5.91 Å². The van der Waals surface area contributed by atoms with Gasteiger partial charge in [0.25, 0.3) is 0 Å². The standard InChI is InChI=1S/C29H44N6O5S2/c1-19(36)31-25-32-22(23(42-25)18-35-14-16-41-17-15-35)13-10-20-8-11-21(12-9-20)33-29(27(2,3)4,39-24(30)37)40-26(38)34-28(5,6)7/h8-9,11-12,33H,10,13-18H2,1-7H3,(H2,30,37)(H,34,38)(H,31,32,36). The van der Waals surface area contributed by atoms with E-state index in [0.717, 1.165) is 48.8 Å². The molecule has 0 radical (unpaired) electrons. The third-order valence-corrected chi connectivity index (χ3v) is 8.33. The summed E-state index contributed by atoms with van der Waals surface area (Å²) in [6.07, 6.45) is -0.394. The Labute approximate surface area is 256 Å². The molecule has 1 unspecified atom stereocenters. The number of ether oxygens (including phenoxy) is 2. The molecule has 0 saturated carbocycles. The van der Waals surface area contributed by atoms with Gasteiger partial charge in [-0.2, -0.15) is 11.8 Å². The number of alkyl carbamates (subject to hydrolysis) is 1. The summed E-state index contributed by atoms with van der Waals surface area (Å²) < 4.78 is 11.1. The molecule has 0 bridgehead atoms. The second kappa shape index (κ2) is 14.0. The predicted molar refractivity (Wildman–Crippen MR) is 169 cm³/mol. The minimum absolute atomic E-state index is 0.133. The van der Waals surface area contributed by atoms with Gasteiger partial charge in [-0.05, 0) is 51.3 Å². The van der Waals surface area contributed by atoms with Gasteiger partial charge in [0.1, 0.15) is 0 Å². The molecule has 2 heterocycles. The van der Waals surface area contributed by atoms with Crippen LogP contribution in [0.4, 0.5) is 20.4 Å². The highest BCUT2D eigenvalue weighted by molar-refractivity contribution is 7.99. The van der Waals surface area contributed by atoms with E-state index >= 15 is 0 Å². The van der Waals surface area contributed by atoms with Crippen LogP contribution in [0.3, 0.4) is 0 Å². The third-order valence-electron chi connectivity index (χ3n) is 6.39. The zero-order valence-corrected chi connectivity index (χ0v) is 27.2. The first-order chi connectivity index (χ1) is 19.5. The lowest BCUT2D eigenvalue weighted by Crippen LogP contribution is -2.59. The first-order valence-corrected chi connectivity index (χ1v) is 16.0. The van der Waals surface area contributed by atoms with Crippen LogP contribution in [0.5, 0.6) is 0 Å². The maximum atomic E-state index is 12.7. The summed E-state index contributed by atoms with van der Waals surface area (Å²) in [4.78, 5) is 44.7. The Hall–Kier alpha value is -3.03. The summed E-state index contributed by atoms with van der Waals surface area (Å²) >= 11 is 3.51. The van der Waals surface area contributed by atoms with Crippen molar-refractivity contribution in [2.45, 2.75) is 79.3 Å². The van der Waals surface area contributed by atoms with E-state index in [1.807, 2.05) is 56.8 Å². The number of hydrogen-bond donors (Lipinski definition) is 4. The molecule has 232 valence electrons. The smallest absolute Gasteiger partial charge is 0.387 e. The van der Waals surface area contributed by atoms with Gasteiger partial charge in [-0.3, -0.25) is 9.69 Å². The van der Waals surface area contributed by atoms with Crippen LogP contribution in [0.25, 0.3) is 0 Å². The number of anilines is 2. The van der Waals surface area contributed by atoms with Crippen LogP contribution in [-0.2, 0) is 33.7 Å². The van der Waals surface area contributed by atoms with E-state index in [1.54, 1.807) is 32.1 Å². The van der Waals surface area contributed by atoms with Gasteiger partial charge in [-0.15, -0.1) is 11.3 Å². The molecule has 1 atom stereocenters. The van der Waals surface area contributed by atoms with Gasteiger partial charge in [0.05, 0.1) is 11.1 Å². The van der Waals surface area contributed by atoms with Gasteiger partial charge in [-0.25, -0.2) is 14.6 Å². The second-order valence-corrected chi connectivity index (χ2v) is 14.6. The molecule has 1 aliphatic heterocycles. The van der Waals surface area contributed by atoms with Crippen LogP contribution >= 0.6 is 23.1 Å². The van der Waals surface area contributed by atoms with Crippen molar-refractivity contribution in [3.63, 3.8) is 0 Å². The normalized spacial score (nSPS) is 15.8. The minimum atomic E-state index is -1.88. The Morgan fingerprint density at radius 2 is 1.64 bits per heavy atom. The largest absolute Gasteiger partial charge is 0.412 e. The topological polar surface area (TPSA) is 148 Å². The lowest BCUT2D eigenvalue weighted by Gasteiger charge is -2.42. The summed E-state index contributed by atoms with van der Waals surface area (Å²) in [5.74, 6) is 0.240. The van der Waals surface area contributed by atoms with Crippen molar-refractivity contribution in [3.8, 4) is 0 Å². The lowest BCUT2D eigenvalue weighted by molar-refractivity contribution is -0.202. The predicted octanol–water partition coefficient (Wildman–Crippen LogP) is 5.17. The van der Waals surface area contributed by atoms with E-state index in [9.17, 15) is 14.4 Å². The minimum Gasteiger partial charge on any atom is -0.387 e. The fourth-order valence-corrected chi connectivity index (χ4v) is 6.32. The zero-order valence-electron chi connectivity index (χ0n) is 25.6. The first-order valence-electron chi connectivity index (χ1n) is 14.0. The van der Waals surface area contributed by atoms with Crippen LogP contribution < -0.4 is 21.7 Å². The average molecular weight is 621 g/mol. The van der Waals surface area contributed by atoms with Crippen molar-refractivity contribution in [2.24, 2.45) is 11.1 Å². The van der Waals surface area contributed by atoms with Crippen LogP contribution in [0.2, 0.25) is 0 Å². The summed E-state index contributed by atoms with van der Waals surface area (Å²) in [5, 5.41) is 9.28. The van der Waals surface area contributed by atoms with Gasteiger partial charge in [0.2, 0.25) is 5.91 Å². The Morgan fingerprint density at radius 3 is 2.19 bits per heavy atom. The number of nitrogens with zero attached hydrogens (tertiary/aromatic N) is 2. The van der Waals surface area contributed by atoms with Crippen molar-refractivity contribution in [1.82, 2.24) is 15.2 Å². The summed E-state index contributed by atoms with van der Waals surface area (Å²) in [7, 11) is 0. The number of carbonyl (C=O) groups excluding carboxylic acids is 3. The second-order valence-electron chi connectivity index (χ2n) is 12.3. The molecule has 42 heavy (non-hydrogen) atoms. The maximum absolute atomic E-state index is 12.7. The molecule has 13 heteroatoms. The third kappa shape index (κ3) is 10.1. The van der Waals surface area contributed by atoms with Crippen molar-refractivity contribution in [3.05, 3.63) is 40.4 Å². The highest BCUT2D eigenvalue weighted by atomic mass is 32.2. The molecule has 1 fully saturated rings. The Kier molecular flexibility index (Phi) is 11.1. The summed E-state index contributed by atoms with van der Waals surface area (Å²) in [6, 6.07) is 7.58. The van der Waals surface area contributed by atoms with E-state index in [4.69, 9.17) is 20.2 Å². The molecule has 11 nitrogen and oxygen atoms in total. The molecule has 0 aliphatic carbocycles.